The fourth-order valence-corrected chi connectivity index (χ4v) is 3.28. The van der Waals surface area contributed by atoms with Gasteiger partial charge < -0.3 is 14.8 Å². The molecule has 0 spiro atoms. The number of benzene rings is 1. The summed E-state index contributed by atoms with van der Waals surface area (Å²) in [6.07, 6.45) is 0.938. The minimum atomic E-state index is 0.263. The van der Waals surface area contributed by atoms with Gasteiger partial charge in [0.15, 0.2) is 11.5 Å². The van der Waals surface area contributed by atoms with Crippen LogP contribution in [0.1, 0.15) is 42.8 Å². The fraction of sp³-hybridized carbons (Fsp3) is 0.412. The molecular weight excluding hydrogens is 282 g/mol. The molecule has 21 heavy (non-hydrogen) atoms. The van der Waals surface area contributed by atoms with Gasteiger partial charge in [-0.15, -0.1) is 11.3 Å². The van der Waals surface area contributed by atoms with Gasteiger partial charge in [-0.05, 0) is 43.0 Å². The molecule has 2 heterocycles. The summed E-state index contributed by atoms with van der Waals surface area (Å²) in [5.41, 5.74) is 1.22. The Morgan fingerprint density at radius 3 is 2.62 bits per heavy atom. The Morgan fingerprint density at radius 2 is 1.86 bits per heavy atom. The Hall–Kier alpha value is -1.52. The second-order valence-electron chi connectivity index (χ2n) is 5.38. The van der Waals surface area contributed by atoms with Gasteiger partial charge in [0.05, 0.1) is 13.2 Å². The lowest BCUT2D eigenvalue weighted by atomic mass is 10.1. The highest BCUT2D eigenvalue weighted by molar-refractivity contribution is 7.10. The summed E-state index contributed by atoms with van der Waals surface area (Å²) in [5.74, 6) is 1.72. The molecule has 4 heteroatoms. The minimum absolute atomic E-state index is 0.263. The zero-order valence-corrected chi connectivity index (χ0v) is 13.3. The monoisotopic (exact) mass is 303 g/mol. The maximum atomic E-state index is 5.77. The van der Waals surface area contributed by atoms with Gasteiger partial charge in [-0.25, -0.2) is 0 Å². The lowest BCUT2D eigenvalue weighted by Gasteiger charge is -2.20. The molecule has 1 aromatic carbocycles. The smallest absolute Gasteiger partial charge is 0.161 e. The Morgan fingerprint density at radius 1 is 1.05 bits per heavy atom. The van der Waals surface area contributed by atoms with Gasteiger partial charge in [-0.1, -0.05) is 12.1 Å². The van der Waals surface area contributed by atoms with Crippen LogP contribution in [0.3, 0.4) is 0 Å². The lowest BCUT2D eigenvalue weighted by molar-refractivity contribution is 0.297. The van der Waals surface area contributed by atoms with Gasteiger partial charge in [0.25, 0.3) is 0 Å². The first kappa shape index (κ1) is 14.4. The van der Waals surface area contributed by atoms with Crippen LogP contribution in [0.25, 0.3) is 0 Å². The fourth-order valence-electron chi connectivity index (χ4n) is 2.54. The Labute approximate surface area is 129 Å². The minimum Gasteiger partial charge on any atom is -0.490 e. The third kappa shape index (κ3) is 3.39. The number of fused-ring (bicyclic) bond motifs is 1. The number of rotatable bonds is 4. The van der Waals surface area contributed by atoms with E-state index < -0.39 is 0 Å². The first-order valence-electron chi connectivity index (χ1n) is 7.43. The van der Waals surface area contributed by atoms with E-state index in [9.17, 15) is 0 Å². The quantitative estimate of drug-likeness (QED) is 0.912. The van der Waals surface area contributed by atoms with E-state index in [1.54, 1.807) is 11.3 Å². The van der Waals surface area contributed by atoms with Crippen molar-refractivity contribution in [1.82, 2.24) is 5.32 Å². The van der Waals surface area contributed by atoms with Gasteiger partial charge >= 0.3 is 0 Å². The maximum Gasteiger partial charge on any atom is 0.161 e. The maximum absolute atomic E-state index is 5.77. The molecule has 2 atom stereocenters. The van der Waals surface area contributed by atoms with E-state index in [-0.39, 0.29) is 6.04 Å². The van der Waals surface area contributed by atoms with Crippen LogP contribution >= 0.6 is 11.3 Å². The molecule has 0 radical (unpaired) electrons. The zero-order chi connectivity index (χ0) is 14.7. The van der Waals surface area contributed by atoms with Gasteiger partial charge in [-0.2, -0.15) is 0 Å². The van der Waals surface area contributed by atoms with Crippen LogP contribution in [-0.4, -0.2) is 13.2 Å². The first-order valence-corrected chi connectivity index (χ1v) is 8.31. The number of nitrogens with one attached hydrogen (secondary N) is 1. The van der Waals surface area contributed by atoms with Crippen LogP contribution in [0.2, 0.25) is 0 Å². The van der Waals surface area contributed by atoms with Crippen molar-refractivity contribution < 1.29 is 9.47 Å². The van der Waals surface area contributed by atoms with Crippen molar-refractivity contribution in [2.75, 3.05) is 13.2 Å². The van der Waals surface area contributed by atoms with Crippen LogP contribution in [0.15, 0.2) is 35.7 Å². The molecule has 0 amide bonds. The zero-order valence-electron chi connectivity index (χ0n) is 12.5. The Balaban J connectivity index is 1.72. The average molecular weight is 303 g/mol. The molecule has 1 aliphatic rings. The molecule has 2 aromatic rings. The summed E-state index contributed by atoms with van der Waals surface area (Å²) in [6.45, 7) is 5.84. The van der Waals surface area contributed by atoms with Crippen molar-refractivity contribution in [3.8, 4) is 11.5 Å². The predicted molar refractivity (Wildman–Crippen MR) is 86.3 cm³/mol. The summed E-state index contributed by atoms with van der Waals surface area (Å²) in [6, 6.07) is 11.1. The molecule has 1 N–H and O–H groups in total. The number of hydrogen-bond acceptors (Lipinski definition) is 4. The first-order chi connectivity index (χ1) is 10.2. The average Bonchev–Trinajstić information content (AvgIpc) is 2.92. The number of hydrogen-bond donors (Lipinski definition) is 1. The third-order valence-corrected chi connectivity index (χ3v) is 4.80. The topological polar surface area (TPSA) is 30.5 Å². The molecule has 1 aliphatic heterocycles. The second kappa shape index (κ2) is 6.50. The molecule has 0 fully saturated rings. The van der Waals surface area contributed by atoms with E-state index in [4.69, 9.17) is 9.47 Å². The van der Waals surface area contributed by atoms with E-state index in [1.165, 1.54) is 10.4 Å². The SMILES string of the molecule is CC(NC(C)c1cccs1)c1ccc2c(c1)OCCCO2. The summed E-state index contributed by atoms with van der Waals surface area (Å²) in [4.78, 5) is 1.36. The van der Waals surface area contributed by atoms with E-state index in [0.29, 0.717) is 6.04 Å². The summed E-state index contributed by atoms with van der Waals surface area (Å²) in [5, 5.41) is 5.75. The standard InChI is InChI=1S/C17H21NO2S/c1-12(18-13(2)17-5-3-10-21-17)14-6-7-15-16(11-14)20-9-4-8-19-15/h3,5-7,10-13,18H,4,8-9H2,1-2H3. The Bertz CT molecular complexity index is 582. The van der Waals surface area contributed by atoms with Crippen molar-refractivity contribution >= 4 is 11.3 Å². The van der Waals surface area contributed by atoms with Crippen molar-refractivity contribution in [3.05, 3.63) is 46.2 Å². The largest absolute Gasteiger partial charge is 0.490 e. The molecule has 0 saturated carbocycles. The molecular formula is C17H21NO2S. The molecule has 112 valence electrons. The summed E-state index contributed by atoms with van der Waals surface area (Å²) >= 11 is 1.79. The van der Waals surface area contributed by atoms with Gasteiger partial charge in [0, 0.05) is 23.4 Å². The van der Waals surface area contributed by atoms with Gasteiger partial charge in [-0.3, -0.25) is 0 Å². The van der Waals surface area contributed by atoms with Crippen LogP contribution < -0.4 is 14.8 Å². The van der Waals surface area contributed by atoms with E-state index >= 15 is 0 Å². The number of ether oxygens (including phenoxy) is 2. The highest BCUT2D eigenvalue weighted by Gasteiger charge is 2.15. The third-order valence-electron chi connectivity index (χ3n) is 3.74. The normalized spacial score (nSPS) is 17.0. The summed E-state index contributed by atoms with van der Waals surface area (Å²) in [7, 11) is 0. The molecule has 3 rings (SSSR count). The molecule has 0 aliphatic carbocycles. The Kier molecular flexibility index (Phi) is 4.46. The van der Waals surface area contributed by atoms with E-state index in [1.807, 2.05) is 6.07 Å². The van der Waals surface area contributed by atoms with Crippen molar-refractivity contribution in [2.45, 2.75) is 32.4 Å². The summed E-state index contributed by atoms with van der Waals surface area (Å²) < 4.78 is 11.4. The number of thiophene rings is 1. The van der Waals surface area contributed by atoms with Crippen LogP contribution in [0.4, 0.5) is 0 Å². The van der Waals surface area contributed by atoms with Crippen molar-refractivity contribution in [3.63, 3.8) is 0 Å². The van der Waals surface area contributed by atoms with Crippen LogP contribution in [0, 0.1) is 0 Å². The second-order valence-corrected chi connectivity index (χ2v) is 6.36. The van der Waals surface area contributed by atoms with E-state index in [2.05, 4.69) is 48.8 Å². The van der Waals surface area contributed by atoms with Crippen LogP contribution in [0.5, 0.6) is 11.5 Å². The molecule has 1 aromatic heterocycles. The predicted octanol–water partition coefficient (Wildman–Crippen LogP) is 4.32. The van der Waals surface area contributed by atoms with Gasteiger partial charge in [0.2, 0.25) is 0 Å². The van der Waals surface area contributed by atoms with E-state index in [0.717, 1.165) is 31.1 Å². The van der Waals surface area contributed by atoms with Crippen molar-refractivity contribution in [1.29, 1.82) is 0 Å². The highest BCUT2D eigenvalue weighted by Crippen LogP contribution is 2.33. The lowest BCUT2D eigenvalue weighted by Crippen LogP contribution is -2.21. The van der Waals surface area contributed by atoms with Crippen molar-refractivity contribution in [2.24, 2.45) is 0 Å². The molecule has 3 nitrogen and oxygen atoms in total. The van der Waals surface area contributed by atoms with Gasteiger partial charge in [0.1, 0.15) is 0 Å². The molecule has 0 bridgehead atoms. The van der Waals surface area contributed by atoms with Crippen LogP contribution in [-0.2, 0) is 0 Å². The molecule has 2 unspecified atom stereocenters. The molecule has 0 saturated heterocycles. The highest BCUT2D eigenvalue weighted by atomic mass is 32.1.